The Morgan fingerprint density at radius 2 is 1.61 bits per heavy atom. The number of ether oxygens (including phenoxy) is 1. The van der Waals surface area contributed by atoms with Crippen LogP contribution in [0.2, 0.25) is 0 Å². The third-order valence-electron chi connectivity index (χ3n) is 4.18. The van der Waals surface area contributed by atoms with Crippen molar-refractivity contribution in [2.75, 3.05) is 0 Å². The number of carbonyl (C=O) groups is 2. The van der Waals surface area contributed by atoms with E-state index in [0.29, 0.717) is 17.7 Å². The zero-order chi connectivity index (χ0) is 22.4. The monoisotopic (exact) mass is 703 g/mol. The molecule has 0 aliphatic rings. The Balaban J connectivity index is 1.81. The number of carbonyl (C=O) groups excluding carboxylic acids is 1. The third-order valence-corrected chi connectivity index (χ3v) is 6.55. The van der Waals surface area contributed by atoms with Gasteiger partial charge >= 0.3 is 5.97 Å². The normalized spacial score (nSPS) is 11.1. The molecule has 0 spiro atoms. The summed E-state index contributed by atoms with van der Waals surface area (Å²) in [6.07, 6.45) is 1.44. The predicted molar refractivity (Wildman–Crippen MR) is 140 cm³/mol. The van der Waals surface area contributed by atoms with Crippen LogP contribution in [-0.4, -0.2) is 17.0 Å². The highest BCUT2D eigenvalue weighted by molar-refractivity contribution is 14.1. The molecule has 5 nitrogen and oxygen atoms in total. The van der Waals surface area contributed by atoms with E-state index in [-0.39, 0.29) is 5.70 Å². The lowest BCUT2D eigenvalue weighted by molar-refractivity contribution is -0.132. The molecular weight excluding hydrogens is 688 g/mol. The summed E-state index contributed by atoms with van der Waals surface area (Å²) < 4.78 is 8.65. The smallest absolute Gasteiger partial charge is 0.352 e. The SMILES string of the molecule is O=C(O)C(=Cc1cc(I)c(OCc2ccccc2Br)c(I)c1)NC(=O)c1ccccc1. The van der Waals surface area contributed by atoms with Gasteiger partial charge in [-0.05, 0) is 87.2 Å². The number of benzene rings is 3. The van der Waals surface area contributed by atoms with E-state index in [9.17, 15) is 14.7 Å². The number of rotatable bonds is 7. The van der Waals surface area contributed by atoms with Crippen molar-refractivity contribution < 1.29 is 19.4 Å². The lowest BCUT2D eigenvalue weighted by atomic mass is 10.1. The molecule has 2 N–H and O–H groups in total. The molecule has 0 bridgehead atoms. The van der Waals surface area contributed by atoms with Gasteiger partial charge in [0.2, 0.25) is 0 Å². The number of amides is 1. The maximum atomic E-state index is 12.3. The Morgan fingerprint density at radius 3 is 2.23 bits per heavy atom. The van der Waals surface area contributed by atoms with Crippen LogP contribution in [0.25, 0.3) is 6.08 Å². The van der Waals surface area contributed by atoms with Crippen LogP contribution < -0.4 is 10.1 Å². The molecule has 0 aliphatic carbocycles. The van der Waals surface area contributed by atoms with Crippen LogP contribution in [0.5, 0.6) is 5.75 Å². The first kappa shape index (κ1) is 23.7. The molecule has 3 aromatic carbocycles. The summed E-state index contributed by atoms with van der Waals surface area (Å²) in [5.74, 6) is -0.977. The number of halogens is 3. The highest BCUT2D eigenvalue weighted by Gasteiger charge is 2.15. The van der Waals surface area contributed by atoms with Gasteiger partial charge in [0.05, 0.1) is 7.14 Å². The summed E-state index contributed by atoms with van der Waals surface area (Å²) in [5, 5.41) is 12.0. The topological polar surface area (TPSA) is 75.6 Å². The van der Waals surface area contributed by atoms with Crippen LogP contribution >= 0.6 is 61.1 Å². The van der Waals surface area contributed by atoms with Gasteiger partial charge in [0, 0.05) is 15.6 Å². The van der Waals surface area contributed by atoms with Crippen molar-refractivity contribution in [3.8, 4) is 5.75 Å². The first-order chi connectivity index (χ1) is 14.8. The van der Waals surface area contributed by atoms with Gasteiger partial charge in [-0.1, -0.05) is 52.3 Å². The molecule has 0 fully saturated rings. The molecule has 8 heteroatoms. The lowest BCUT2D eigenvalue weighted by Gasteiger charge is -2.13. The van der Waals surface area contributed by atoms with Gasteiger partial charge < -0.3 is 15.2 Å². The van der Waals surface area contributed by atoms with Gasteiger partial charge in [-0.25, -0.2) is 4.79 Å². The highest BCUT2D eigenvalue weighted by atomic mass is 127. The van der Waals surface area contributed by atoms with E-state index in [2.05, 4.69) is 66.4 Å². The number of carboxylic acids is 1. The van der Waals surface area contributed by atoms with Crippen molar-refractivity contribution in [3.63, 3.8) is 0 Å². The molecule has 0 saturated carbocycles. The Kier molecular flexibility index (Phi) is 8.50. The number of hydrogen-bond donors (Lipinski definition) is 2. The van der Waals surface area contributed by atoms with Gasteiger partial charge in [0.15, 0.2) is 0 Å². The van der Waals surface area contributed by atoms with E-state index in [1.165, 1.54) is 6.08 Å². The van der Waals surface area contributed by atoms with Gasteiger partial charge in [-0.15, -0.1) is 0 Å². The highest BCUT2D eigenvalue weighted by Crippen LogP contribution is 2.31. The maximum Gasteiger partial charge on any atom is 0.352 e. The molecule has 3 rings (SSSR count). The average molecular weight is 704 g/mol. The van der Waals surface area contributed by atoms with E-state index in [4.69, 9.17) is 4.74 Å². The molecule has 0 radical (unpaired) electrons. The van der Waals surface area contributed by atoms with Crippen LogP contribution in [0.3, 0.4) is 0 Å². The van der Waals surface area contributed by atoms with E-state index < -0.39 is 11.9 Å². The van der Waals surface area contributed by atoms with Crippen molar-refractivity contribution in [3.05, 3.63) is 101 Å². The van der Waals surface area contributed by atoms with Crippen LogP contribution in [0.4, 0.5) is 0 Å². The molecule has 158 valence electrons. The van der Waals surface area contributed by atoms with Crippen LogP contribution in [0, 0.1) is 7.14 Å². The second kappa shape index (κ2) is 11.1. The van der Waals surface area contributed by atoms with E-state index in [1.807, 2.05) is 36.4 Å². The molecule has 0 aromatic heterocycles. The molecule has 3 aromatic rings. The van der Waals surface area contributed by atoms with Gasteiger partial charge in [0.25, 0.3) is 5.91 Å². The quantitative estimate of drug-likeness (QED) is 0.231. The minimum absolute atomic E-state index is 0.206. The summed E-state index contributed by atoms with van der Waals surface area (Å²) in [7, 11) is 0. The summed E-state index contributed by atoms with van der Waals surface area (Å²) >= 11 is 7.83. The van der Waals surface area contributed by atoms with Gasteiger partial charge in [0.1, 0.15) is 18.1 Å². The number of hydrogen-bond acceptors (Lipinski definition) is 3. The van der Waals surface area contributed by atoms with E-state index in [0.717, 1.165) is 22.9 Å². The molecule has 0 saturated heterocycles. The number of aliphatic carboxylic acids is 1. The van der Waals surface area contributed by atoms with Gasteiger partial charge in [-0.3, -0.25) is 4.79 Å². The van der Waals surface area contributed by atoms with E-state index in [1.54, 1.807) is 30.3 Å². The average Bonchev–Trinajstić information content (AvgIpc) is 2.74. The summed E-state index contributed by atoms with van der Waals surface area (Å²) in [6, 6.07) is 19.9. The van der Waals surface area contributed by atoms with Crippen molar-refractivity contribution in [1.82, 2.24) is 5.32 Å². The van der Waals surface area contributed by atoms with E-state index >= 15 is 0 Å². The van der Waals surface area contributed by atoms with Crippen molar-refractivity contribution in [2.24, 2.45) is 0 Å². The van der Waals surface area contributed by atoms with Crippen molar-refractivity contribution in [2.45, 2.75) is 6.61 Å². The Hall–Kier alpha value is -1.92. The van der Waals surface area contributed by atoms with Crippen LogP contribution in [0.1, 0.15) is 21.5 Å². The standard InChI is InChI=1S/C23H16BrI2NO4/c24-17-9-5-4-8-16(17)13-31-21-18(25)10-14(11-19(21)26)12-20(23(29)30)27-22(28)15-6-2-1-3-7-15/h1-12H,13H2,(H,27,28)(H,29,30). The summed E-state index contributed by atoms with van der Waals surface area (Å²) in [6.45, 7) is 0.399. The first-order valence-electron chi connectivity index (χ1n) is 9.02. The fraction of sp³-hybridized carbons (Fsp3) is 0.0435. The predicted octanol–water partition coefficient (Wildman–Crippen LogP) is 6.09. The number of carboxylic acid groups (broad SMARTS) is 1. The van der Waals surface area contributed by atoms with Crippen molar-refractivity contribution >= 4 is 79.1 Å². The molecule has 0 heterocycles. The van der Waals surface area contributed by atoms with Crippen LogP contribution in [-0.2, 0) is 11.4 Å². The zero-order valence-electron chi connectivity index (χ0n) is 15.9. The largest absolute Gasteiger partial charge is 0.487 e. The third kappa shape index (κ3) is 6.53. The number of nitrogens with one attached hydrogen (secondary N) is 1. The molecular formula is C23H16BrI2NO4. The zero-order valence-corrected chi connectivity index (χ0v) is 21.8. The van der Waals surface area contributed by atoms with Crippen LogP contribution in [0.15, 0.2) is 76.9 Å². The van der Waals surface area contributed by atoms with Crippen molar-refractivity contribution in [1.29, 1.82) is 0 Å². The molecule has 0 atom stereocenters. The summed E-state index contributed by atoms with van der Waals surface area (Å²) in [5.41, 5.74) is 1.85. The Morgan fingerprint density at radius 1 is 1.00 bits per heavy atom. The van der Waals surface area contributed by atoms with Gasteiger partial charge in [-0.2, -0.15) is 0 Å². The Labute approximate surface area is 215 Å². The minimum atomic E-state index is -1.22. The molecule has 31 heavy (non-hydrogen) atoms. The first-order valence-corrected chi connectivity index (χ1v) is 12.0. The molecule has 0 aliphatic heterocycles. The molecule has 0 unspecified atom stereocenters. The fourth-order valence-corrected chi connectivity index (χ4v) is 5.19. The maximum absolute atomic E-state index is 12.3. The minimum Gasteiger partial charge on any atom is -0.487 e. The Bertz CT molecular complexity index is 1130. The summed E-state index contributed by atoms with van der Waals surface area (Å²) in [4.78, 5) is 24.0. The second-order valence-electron chi connectivity index (χ2n) is 6.38. The second-order valence-corrected chi connectivity index (χ2v) is 9.56. The lowest BCUT2D eigenvalue weighted by Crippen LogP contribution is -2.27. The fourth-order valence-electron chi connectivity index (χ4n) is 2.67. The molecule has 1 amide bonds.